The summed E-state index contributed by atoms with van der Waals surface area (Å²) in [6.45, 7) is 4.80. The molecule has 1 aliphatic rings. The number of carbonyl (C=O) groups is 1. The predicted molar refractivity (Wildman–Crippen MR) is 184 cm³/mol. The molecule has 2 aromatic heterocycles. The van der Waals surface area contributed by atoms with E-state index in [1.165, 1.54) is 22.9 Å². The molecule has 0 aliphatic carbocycles. The molecular weight excluding hydrogens is 691 g/mol. The lowest BCUT2D eigenvalue weighted by atomic mass is 9.76. The van der Waals surface area contributed by atoms with E-state index in [0.29, 0.717) is 22.0 Å². The monoisotopic (exact) mass is 726 g/mol. The van der Waals surface area contributed by atoms with Crippen LogP contribution in [0.5, 0.6) is 11.5 Å². The number of fused-ring (bicyclic) bond motifs is 8. The average Bonchev–Trinajstić information content (AvgIpc) is 3.69. The van der Waals surface area contributed by atoms with Crippen molar-refractivity contribution in [3.05, 3.63) is 94.9 Å². The molecule has 5 aromatic rings. The number of hydrogen-bond acceptors (Lipinski definition) is 8. The number of H-pyrrole nitrogens is 1. The Balaban J connectivity index is 1.54. The van der Waals surface area contributed by atoms with Crippen molar-refractivity contribution in [2.75, 3.05) is 23.0 Å². The number of carboxylic acids is 1. The molecule has 0 saturated heterocycles. The van der Waals surface area contributed by atoms with Crippen molar-refractivity contribution in [1.29, 1.82) is 0 Å². The first-order valence-corrected chi connectivity index (χ1v) is 19.5. The quantitative estimate of drug-likeness (QED) is 0.245. The van der Waals surface area contributed by atoms with Crippen molar-refractivity contribution in [1.82, 2.24) is 19.7 Å². The lowest BCUT2D eigenvalue weighted by Gasteiger charge is -2.29. The molecule has 4 bridgehead atoms. The van der Waals surface area contributed by atoms with Gasteiger partial charge in [0.25, 0.3) is 0 Å². The maximum atomic E-state index is 15.6. The van der Waals surface area contributed by atoms with Crippen LogP contribution in [0.3, 0.4) is 0 Å². The fourth-order valence-corrected chi connectivity index (χ4v) is 9.80. The third kappa shape index (κ3) is 6.63. The Morgan fingerprint density at radius 2 is 1.70 bits per heavy atom. The van der Waals surface area contributed by atoms with Gasteiger partial charge < -0.3 is 14.8 Å². The topological polar surface area (TPSA) is 161 Å². The second-order valence-corrected chi connectivity index (χ2v) is 18.0. The molecule has 3 aromatic carbocycles. The van der Waals surface area contributed by atoms with Crippen molar-refractivity contribution in [3.63, 3.8) is 0 Å². The van der Waals surface area contributed by atoms with Gasteiger partial charge in [0.1, 0.15) is 11.6 Å². The number of halogens is 2. The molecule has 0 fully saturated rings. The number of sulfone groups is 2. The molecule has 11 nitrogen and oxygen atoms in total. The molecule has 1 unspecified atom stereocenters. The van der Waals surface area contributed by atoms with Gasteiger partial charge in [-0.1, -0.05) is 24.3 Å². The number of aliphatic carboxylic acids is 1. The molecule has 0 radical (unpaired) electrons. The van der Waals surface area contributed by atoms with Crippen LogP contribution in [0.1, 0.15) is 49.7 Å². The third-order valence-electron chi connectivity index (χ3n) is 9.56. The summed E-state index contributed by atoms with van der Waals surface area (Å²) in [6, 6.07) is 13.4. The van der Waals surface area contributed by atoms with E-state index in [0.717, 1.165) is 6.07 Å². The first kappa shape index (κ1) is 35.2. The highest BCUT2D eigenvalue weighted by Crippen LogP contribution is 2.40. The maximum Gasteiger partial charge on any atom is 0.313 e. The van der Waals surface area contributed by atoms with E-state index in [1.54, 1.807) is 64.3 Å². The smallest absolute Gasteiger partial charge is 0.313 e. The van der Waals surface area contributed by atoms with E-state index in [-0.39, 0.29) is 47.1 Å². The van der Waals surface area contributed by atoms with Gasteiger partial charge in [0.2, 0.25) is 0 Å². The fraction of sp³-hybridized carbons (Fsp3) is 0.343. The summed E-state index contributed by atoms with van der Waals surface area (Å²) in [5.74, 6) is -4.73. The highest BCUT2D eigenvalue weighted by Gasteiger charge is 2.38. The summed E-state index contributed by atoms with van der Waals surface area (Å²) in [6.07, 6.45) is 1.31. The molecule has 3 heterocycles. The van der Waals surface area contributed by atoms with E-state index in [1.807, 2.05) is 0 Å². The second kappa shape index (κ2) is 12.6. The number of rotatable bonds is 3. The number of benzene rings is 3. The molecule has 0 spiro atoms. The number of nitrogens with one attached hydrogen (secondary N) is 1. The second-order valence-electron chi connectivity index (χ2n) is 13.4. The van der Waals surface area contributed by atoms with Gasteiger partial charge in [-0.2, -0.15) is 5.10 Å². The molecule has 6 rings (SSSR count). The fourth-order valence-electron chi connectivity index (χ4n) is 6.13. The van der Waals surface area contributed by atoms with Crippen molar-refractivity contribution >= 4 is 36.5 Å². The van der Waals surface area contributed by atoms with Gasteiger partial charge in [-0.3, -0.25) is 4.79 Å². The Hall–Kier alpha value is -4.63. The van der Waals surface area contributed by atoms with Gasteiger partial charge in [0.05, 0.1) is 39.4 Å². The third-order valence-corrected chi connectivity index (χ3v) is 13.1. The Morgan fingerprint density at radius 1 is 0.980 bits per heavy atom. The van der Waals surface area contributed by atoms with Crippen LogP contribution < -0.4 is 4.74 Å². The van der Waals surface area contributed by atoms with Crippen molar-refractivity contribution in [3.8, 4) is 22.9 Å². The predicted octanol–water partition coefficient (Wildman–Crippen LogP) is 5.48. The number of aromatic amines is 1. The van der Waals surface area contributed by atoms with Crippen molar-refractivity contribution < 1.29 is 40.3 Å². The first-order chi connectivity index (χ1) is 23.4. The Morgan fingerprint density at radius 3 is 2.42 bits per heavy atom. The molecular formula is C35H36F2N4O7S2. The minimum absolute atomic E-state index is 0.0344. The molecule has 0 saturated carbocycles. The molecule has 264 valence electrons. The van der Waals surface area contributed by atoms with Crippen LogP contribution in [0, 0.1) is 11.6 Å². The SMILES string of the molecule is Cn1nc2nc1-c1cc(ccc1F)Oc1c(F)cc3[nH]ccc3c1CCS(=O)(=O)CCS(=O)(=O)CCC2(C)c1cccc(C(C)(C)C(=O)O)c1. The van der Waals surface area contributed by atoms with Crippen LogP contribution in [0.2, 0.25) is 0 Å². The van der Waals surface area contributed by atoms with Crippen LogP contribution in [0.25, 0.3) is 22.3 Å². The van der Waals surface area contributed by atoms with E-state index in [2.05, 4.69) is 10.1 Å². The summed E-state index contributed by atoms with van der Waals surface area (Å²) in [5, 5.41) is 15.0. The van der Waals surface area contributed by atoms with Crippen molar-refractivity contribution in [2.24, 2.45) is 7.05 Å². The standard InChI is InChI=1S/C35H36F2N4O7S2/c1-34(2,33(42)43)21-6-5-7-22(18-21)35(3)12-15-50(46,47)17-16-49(44,45)14-11-25-24-10-13-38-29(24)20-28(37)30(25)48-23-8-9-27(36)26(19-23)31-39-32(35)40-41(31)4/h5-10,13,18-20,38H,11-12,14-17H2,1-4H3,(H,42,43). The molecule has 1 atom stereocenters. The van der Waals surface area contributed by atoms with E-state index in [9.17, 15) is 26.7 Å². The summed E-state index contributed by atoms with van der Waals surface area (Å²) < 4.78 is 91.8. The summed E-state index contributed by atoms with van der Waals surface area (Å²) in [5.41, 5.74) is -0.948. The van der Waals surface area contributed by atoms with Gasteiger partial charge in [0.15, 0.2) is 42.9 Å². The summed E-state index contributed by atoms with van der Waals surface area (Å²) in [7, 11) is -6.38. The minimum Gasteiger partial charge on any atom is -0.481 e. The summed E-state index contributed by atoms with van der Waals surface area (Å²) >= 11 is 0. The van der Waals surface area contributed by atoms with Crippen LogP contribution in [-0.2, 0) is 48.8 Å². The Kier molecular flexibility index (Phi) is 8.88. The lowest BCUT2D eigenvalue weighted by molar-refractivity contribution is -0.142. The number of carboxylic acid groups (broad SMARTS) is 1. The van der Waals surface area contributed by atoms with Gasteiger partial charge in [0, 0.05) is 35.8 Å². The largest absolute Gasteiger partial charge is 0.481 e. The van der Waals surface area contributed by atoms with Crippen LogP contribution in [-0.4, -0.2) is 70.7 Å². The number of ether oxygens (including phenoxy) is 1. The number of aryl methyl sites for hydroxylation is 2. The average molecular weight is 727 g/mol. The van der Waals surface area contributed by atoms with Gasteiger partial charge >= 0.3 is 5.97 Å². The van der Waals surface area contributed by atoms with Gasteiger partial charge in [-0.15, -0.1) is 0 Å². The zero-order chi connectivity index (χ0) is 36.2. The van der Waals surface area contributed by atoms with Crippen LogP contribution in [0.15, 0.2) is 60.8 Å². The molecule has 15 heteroatoms. The van der Waals surface area contributed by atoms with Crippen LogP contribution >= 0.6 is 0 Å². The highest BCUT2D eigenvalue weighted by molar-refractivity contribution is 7.95. The number of hydrogen-bond donors (Lipinski definition) is 2. The minimum atomic E-state index is -3.98. The maximum absolute atomic E-state index is 15.6. The van der Waals surface area contributed by atoms with Crippen molar-refractivity contribution in [2.45, 2.75) is 44.4 Å². The zero-order valence-electron chi connectivity index (χ0n) is 27.8. The number of nitrogens with zero attached hydrogens (tertiary/aromatic N) is 3. The normalized spacial score (nSPS) is 19.6. The van der Waals surface area contributed by atoms with Gasteiger partial charge in [-0.25, -0.2) is 35.3 Å². The van der Waals surface area contributed by atoms with E-state index >= 15 is 8.78 Å². The highest BCUT2D eigenvalue weighted by atomic mass is 32.2. The lowest BCUT2D eigenvalue weighted by Crippen LogP contribution is -2.32. The Labute approximate surface area is 288 Å². The molecule has 1 aliphatic heterocycles. The molecule has 2 N–H and O–H groups in total. The van der Waals surface area contributed by atoms with Gasteiger partial charge in [-0.05, 0) is 69.0 Å². The Bertz CT molecular complexity index is 2370. The van der Waals surface area contributed by atoms with Crippen LogP contribution in [0.4, 0.5) is 8.78 Å². The zero-order valence-corrected chi connectivity index (χ0v) is 29.5. The first-order valence-electron chi connectivity index (χ1n) is 15.8. The van der Waals surface area contributed by atoms with E-state index < -0.39 is 71.1 Å². The molecule has 0 amide bonds. The number of aromatic nitrogens is 4. The molecule has 50 heavy (non-hydrogen) atoms. The summed E-state index contributed by atoms with van der Waals surface area (Å²) in [4.78, 5) is 19.7. The van der Waals surface area contributed by atoms with E-state index in [4.69, 9.17) is 9.72 Å².